The quantitative estimate of drug-likeness (QED) is 0.800. The van der Waals surface area contributed by atoms with Gasteiger partial charge in [0, 0.05) is 30.9 Å². The molecule has 0 spiro atoms. The highest BCUT2D eigenvalue weighted by atomic mass is 16.1. The highest BCUT2D eigenvalue weighted by molar-refractivity contribution is 5.95. The van der Waals surface area contributed by atoms with Gasteiger partial charge in [0.1, 0.15) is 5.82 Å². The summed E-state index contributed by atoms with van der Waals surface area (Å²) in [4.78, 5) is 19.1. The maximum atomic E-state index is 11.7. The first-order valence-corrected chi connectivity index (χ1v) is 5.98. The molecule has 4 heteroatoms. The minimum Gasteiger partial charge on any atom is -0.352 e. The van der Waals surface area contributed by atoms with E-state index >= 15 is 0 Å². The first-order chi connectivity index (χ1) is 8.34. The Kier molecular flexibility index (Phi) is 2.55. The van der Waals surface area contributed by atoms with Gasteiger partial charge in [0.2, 0.25) is 5.91 Å². The van der Waals surface area contributed by atoms with E-state index in [0.717, 1.165) is 30.8 Å². The number of carbonyl (C=O) groups is 1. The van der Waals surface area contributed by atoms with Crippen molar-refractivity contribution in [2.75, 3.05) is 6.54 Å². The number of rotatable bonds is 2. The van der Waals surface area contributed by atoms with Crippen LogP contribution in [-0.2, 0) is 11.2 Å². The predicted octanol–water partition coefficient (Wildman–Crippen LogP) is 1.20. The molecule has 3 rings (SSSR count). The molecule has 2 aliphatic rings. The van der Waals surface area contributed by atoms with Crippen LogP contribution in [0, 0.1) is 11.8 Å². The van der Waals surface area contributed by atoms with E-state index in [1.807, 2.05) is 18.3 Å². The van der Waals surface area contributed by atoms with Crippen molar-refractivity contribution < 1.29 is 4.79 Å². The van der Waals surface area contributed by atoms with Crippen molar-refractivity contribution in [2.45, 2.75) is 12.8 Å². The van der Waals surface area contributed by atoms with Crippen LogP contribution < -0.4 is 5.32 Å². The lowest BCUT2D eigenvalue weighted by Gasteiger charge is -2.34. The summed E-state index contributed by atoms with van der Waals surface area (Å²) in [5.74, 6) is 1.88. The molecule has 1 aliphatic carbocycles. The Labute approximate surface area is 99.8 Å². The van der Waals surface area contributed by atoms with E-state index in [4.69, 9.17) is 0 Å². The van der Waals surface area contributed by atoms with Crippen LogP contribution in [0.2, 0.25) is 0 Å². The average molecular weight is 229 g/mol. The molecular formula is C13H15N3O. The van der Waals surface area contributed by atoms with Gasteiger partial charge in [0.05, 0.1) is 0 Å². The molecule has 1 fully saturated rings. The Balaban J connectivity index is 1.80. The number of allylic oxidation sites excluding steroid dienone is 3. The minimum absolute atomic E-state index is 0.0926. The molecule has 1 aliphatic heterocycles. The maximum Gasteiger partial charge on any atom is 0.247 e. The van der Waals surface area contributed by atoms with Crippen LogP contribution in [-0.4, -0.2) is 22.4 Å². The lowest BCUT2D eigenvalue weighted by Crippen LogP contribution is -2.44. The van der Waals surface area contributed by atoms with E-state index in [0.29, 0.717) is 11.8 Å². The summed E-state index contributed by atoms with van der Waals surface area (Å²) in [6.45, 7) is 0.745. The number of imidazole rings is 1. The molecule has 2 N–H and O–H groups in total. The van der Waals surface area contributed by atoms with E-state index in [2.05, 4.69) is 21.4 Å². The van der Waals surface area contributed by atoms with Crippen molar-refractivity contribution >= 4 is 5.91 Å². The Morgan fingerprint density at radius 1 is 1.47 bits per heavy atom. The molecule has 17 heavy (non-hydrogen) atoms. The third-order valence-corrected chi connectivity index (χ3v) is 3.57. The van der Waals surface area contributed by atoms with E-state index in [9.17, 15) is 4.79 Å². The number of H-pyrrole nitrogens is 1. The number of carbonyl (C=O) groups excluding carboxylic acids is 1. The lowest BCUT2D eigenvalue weighted by atomic mass is 9.76. The standard InChI is InChI=1S/C13H15N3O/c17-13-11-4-2-1-3-10(11)9(8-16-13)7-12-14-5-6-15-12/h1-2,4-6,9-10H,3,7-8H2,(H,14,15)(H,16,17). The second-order valence-corrected chi connectivity index (χ2v) is 4.60. The number of piperidine rings is 1. The number of nitrogens with zero attached hydrogens (tertiary/aromatic N) is 1. The van der Waals surface area contributed by atoms with Crippen LogP contribution in [0.4, 0.5) is 0 Å². The van der Waals surface area contributed by atoms with Crippen LogP contribution in [0.15, 0.2) is 36.2 Å². The molecule has 2 atom stereocenters. The van der Waals surface area contributed by atoms with Crippen molar-refractivity contribution in [1.82, 2.24) is 15.3 Å². The van der Waals surface area contributed by atoms with Crippen LogP contribution in [0.5, 0.6) is 0 Å². The summed E-state index contributed by atoms with van der Waals surface area (Å²) in [5, 5.41) is 2.96. The highest BCUT2D eigenvalue weighted by Crippen LogP contribution is 2.32. The highest BCUT2D eigenvalue weighted by Gasteiger charge is 2.34. The first-order valence-electron chi connectivity index (χ1n) is 5.98. The molecule has 88 valence electrons. The third kappa shape index (κ3) is 1.90. The van der Waals surface area contributed by atoms with Crippen LogP contribution in [0.25, 0.3) is 0 Å². The summed E-state index contributed by atoms with van der Waals surface area (Å²) in [5.41, 5.74) is 0.926. The number of amides is 1. The zero-order chi connectivity index (χ0) is 11.7. The molecule has 1 amide bonds. The number of aromatic amines is 1. The van der Waals surface area contributed by atoms with Crippen LogP contribution >= 0.6 is 0 Å². The van der Waals surface area contributed by atoms with Gasteiger partial charge in [-0.3, -0.25) is 4.79 Å². The van der Waals surface area contributed by atoms with E-state index in [1.54, 1.807) is 6.20 Å². The number of aromatic nitrogens is 2. The van der Waals surface area contributed by atoms with Gasteiger partial charge in [-0.25, -0.2) is 4.98 Å². The molecule has 4 nitrogen and oxygen atoms in total. The molecular weight excluding hydrogens is 214 g/mol. The number of hydrogen-bond acceptors (Lipinski definition) is 2. The number of nitrogens with one attached hydrogen (secondary N) is 2. The van der Waals surface area contributed by atoms with Gasteiger partial charge < -0.3 is 10.3 Å². The molecule has 0 saturated carbocycles. The molecule has 1 saturated heterocycles. The zero-order valence-electron chi connectivity index (χ0n) is 9.52. The van der Waals surface area contributed by atoms with Crippen molar-refractivity contribution in [3.8, 4) is 0 Å². The summed E-state index contributed by atoms with van der Waals surface area (Å²) < 4.78 is 0. The lowest BCUT2D eigenvalue weighted by molar-refractivity contribution is -0.119. The fourth-order valence-corrected chi connectivity index (χ4v) is 2.68. The smallest absolute Gasteiger partial charge is 0.247 e. The van der Waals surface area contributed by atoms with Crippen molar-refractivity contribution in [2.24, 2.45) is 11.8 Å². The van der Waals surface area contributed by atoms with Crippen LogP contribution in [0.1, 0.15) is 12.2 Å². The Hall–Kier alpha value is -1.84. The Bertz CT molecular complexity index is 473. The van der Waals surface area contributed by atoms with Crippen molar-refractivity contribution in [3.63, 3.8) is 0 Å². The monoisotopic (exact) mass is 229 g/mol. The molecule has 1 aromatic rings. The largest absolute Gasteiger partial charge is 0.352 e. The molecule has 2 unspecified atom stereocenters. The van der Waals surface area contributed by atoms with Gasteiger partial charge in [-0.1, -0.05) is 18.2 Å². The van der Waals surface area contributed by atoms with Crippen molar-refractivity contribution in [1.29, 1.82) is 0 Å². The molecule has 0 aromatic carbocycles. The predicted molar refractivity (Wildman–Crippen MR) is 64.1 cm³/mol. The topological polar surface area (TPSA) is 57.8 Å². The van der Waals surface area contributed by atoms with E-state index in [-0.39, 0.29) is 5.91 Å². The third-order valence-electron chi connectivity index (χ3n) is 3.57. The Morgan fingerprint density at radius 2 is 2.41 bits per heavy atom. The molecule has 0 radical (unpaired) electrons. The van der Waals surface area contributed by atoms with Crippen LogP contribution in [0.3, 0.4) is 0 Å². The number of fused-ring (bicyclic) bond motifs is 1. The molecule has 1 aromatic heterocycles. The summed E-state index contributed by atoms with van der Waals surface area (Å²) >= 11 is 0. The SMILES string of the molecule is O=C1NCC(Cc2ncc[nH]2)C2CC=CC=C12. The Morgan fingerprint density at radius 3 is 3.24 bits per heavy atom. The second-order valence-electron chi connectivity index (χ2n) is 4.60. The second kappa shape index (κ2) is 4.20. The van der Waals surface area contributed by atoms with Gasteiger partial charge in [-0.2, -0.15) is 0 Å². The van der Waals surface area contributed by atoms with E-state index < -0.39 is 0 Å². The van der Waals surface area contributed by atoms with Crippen molar-refractivity contribution in [3.05, 3.63) is 42.0 Å². The fourth-order valence-electron chi connectivity index (χ4n) is 2.68. The van der Waals surface area contributed by atoms with E-state index in [1.165, 1.54) is 0 Å². The van der Waals surface area contributed by atoms with Gasteiger partial charge in [0.25, 0.3) is 0 Å². The number of hydrogen-bond donors (Lipinski definition) is 2. The maximum absolute atomic E-state index is 11.7. The van der Waals surface area contributed by atoms with Gasteiger partial charge >= 0.3 is 0 Å². The van der Waals surface area contributed by atoms with Gasteiger partial charge in [0.15, 0.2) is 0 Å². The summed E-state index contributed by atoms with van der Waals surface area (Å²) in [7, 11) is 0. The molecule has 0 bridgehead atoms. The zero-order valence-corrected chi connectivity index (χ0v) is 9.52. The van der Waals surface area contributed by atoms with Gasteiger partial charge in [-0.05, 0) is 18.3 Å². The summed E-state index contributed by atoms with van der Waals surface area (Å²) in [6.07, 6.45) is 11.5. The average Bonchev–Trinajstić information content (AvgIpc) is 2.86. The fraction of sp³-hybridized carbons (Fsp3) is 0.385. The molecule has 2 heterocycles. The minimum atomic E-state index is 0.0926. The van der Waals surface area contributed by atoms with Gasteiger partial charge in [-0.15, -0.1) is 0 Å². The summed E-state index contributed by atoms with van der Waals surface area (Å²) in [6, 6.07) is 0. The normalized spacial score (nSPS) is 27.3. The first kappa shape index (κ1) is 10.3.